The number of aliphatic hydroxyl groups excluding tert-OH is 1. The second kappa shape index (κ2) is 9.05. The highest BCUT2D eigenvalue weighted by molar-refractivity contribution is 5.79. The predicted molar refractivity (Wildman–Crippen MR) is 141 cm³/mol. The molecule has 2 bridgehead atoms. The van der Waals surface area contributed by atoms with Gasteiger partial charge in [0.2, 0.25) is 0 Å². The highest BCUT2D eigenvalue weighted by atomic mass is 16.5. The Bertz CT molecular complexity index is 1290. The van der Waals surface area contributed by atoms with E-state index in [0.717, 1.165) is 73.1 Å². The van der Waals surface area contributed by atoms with Crippen molar-refractivity contribution < 1.29 is 19.8 Å². The Kier molecular flexibility index (Phi) is 5.77. The smallest absolute Gasteiger partial charge is 0.197 e. The van der Waals surface area contributed by atoms with Gasteiger partial charge < -0.3 is 24.7 Å². The molecule has 3 aliphatic carbocycles. The monoisotopic (exact) mass is 505 g/mol. The standard InChI is InChI=1S/C30H39N3O4/c1-17-22-13-23(24(17)16-34)27-26(22)29(35)33(30(27)36)15-20-6-4-5-19(20)14-32-11-9-18(10-12-32)28-21-7-2-3-8-25(21)37-31-28/h2-3,7-8,17-20,22-24,34-36H,4-6,9-16H2,1H3/t17?,19-,20-,22?,23?,24?/m1/s1. The van der Waals surface area contributed by atoms with Gasteiger partial charge in [-0.1, -0.05) is 30.6 Å². The van der Waals surface area contributed by atoms with Crippen molar-refractivity contribution in [2.45, 2.75) is 69.7 Å². The van der Waals surface area contributed by atoms with Crippen LogP contribution in [-0.4, -0.2) is 56.2 Å². The third kappa shape index (κ3) is 3.64. The van der Waals surface area contributed by atoms with Crippen molar-refractivity contribution in [2.24, 2.45) is 23.7 Å². The van der Waals surface area contributed by atoms with Crippen LogP contribution in [0.5, 0.6) is 11.8 Å². The van der Waals surface area contributed by atoms with Crippen molar-refractivity contribution >= 4 is 11.0 Å². The van der Waals surface area contributed by atoms with Crippen LogP contribution in [-0.2, 0) is 6.54 Å². The molecule has 37 heavy (non-hydrogen) atoms. The molecular formula is C30H39N3O4. The number of piperidine rings is 1. The lowest BCUT2D eigenvalue weighted by Gasteiger charge is -2.34. The van der Waals surface area contributed by atoms with E-state index in [4.69, 9.17) is 4.52 Å². The summed E-state index contributed by atoms with van der Waals surface area (Å²) < 4.78 is 7.37. The van der Waals surface area contributed by atoms with Crippen LogP contribution in [0.15, 0.2) is 28.8 Å². The van der Waals surface area contributed by atoms with E-state index in [1.54, 1.807) is 4.57 Å². The van der Waals surface area contributed by atoms with E-state index in [9.17, 15) is 15.3 Å². The predicted octanol–water partition coefficient (Wildman–Crippen LogP) is 5.17. The third-order valence-electron chi connectivity index (χ3n) is 10.7. The van der Waals surface area contributed by atoms with Gasteiger partial charge in [-0.3, -0.25) is 4.57 Å². The van der Waals surface area contributed by atoms with Gasteiger partial charge in [0.25, 0.3) is 0 Å². The van der Waals surface area contributed by atoms with Gasteiger partial charge in [-0.05, 0) is 92.8 Å². The molecule has 6 atom stereocenters. The quantitative estimate of drug-likeness (QED) is 0.428. The van der Waals surface area contributed by atoms with Gasteiger partial charge in [-0.2, -0.15) is 0 Å². The first-order valence-electron chi connectivity index (χ1n) is 14.4. The van der Waals surface area contributed by atoms with Crippen LogP contribution in [0, 0.1) is 23.7 Å². The Balaban J connectivity index is 1.02. The maximum atomic E-state index is 11.2. The van der Waals surface area contributed by atoms with Crippen molar-refractivity contribution in [3.8, 4) is 11.8 Å². The maximum absolute atomic E-state index is 11.2. The average molecular weight is 506 g/mol. The van der Waals surface area contributed by atoms with E-state index in [2.05, 4.69) is 29.1 Å². The van der Waals surface area contributed by atoms with Gasteiger partial charge in [-0.25, -0.2) is 0 Å². The van der Waals surface area contributed by atoms with E-state index >= 15 is 0 Å². The minimum Gasteiger partial charge on any atom is -0.494 e. The number of para-hydroxylation sites is 1. The van der Waals surface area contributed by atoms with Gasteiger partial charge >= 0.3 is 0 Å². The summed E-state index contributed by atoms with van der Waals surface area (Å²) >= 11 is 0. The molecule has 4 unspecified atom stereocenters. The van der Waals surface area contributed by atoms with Crippen LogP contribution in [0.25, 0.3) is 11.0 Å². The Morgan fingerprint density at radius 3 is 2.41 bits per heavy atom. The molecule has 3 N–H and O–H groups in total. The Morgan fingerprint density at radius 2 is 1.65 bits per heavy atom. The molecule has 1 aromatic carbocycles. The molecule has 7 rings (SSSR count). The molecule has 1 aliphatic heterocycles. The van der Waals surface area contributed by atoms with Crippen LogP contribution in [0.1, 0.15) is 80.0 Å². The molecule has 0 spiro atoms. The molecule has 7 nitrogen and oxygen atoms in total. The number of fused-ring (bicyclic) bond motifs is 6. The lowest BCUT2D eigenvalue weighted by molar-refractivity contribution is 0.157. The lowest BCUT2D eigenvalue weighted by Crippen LogP contribution is -2.38. The molecule has 3 fully saturated rings. The molecule has 3 aromatic rings. The number of nitrogens with zero attached hydrogens (tertiary/aromatic N) is 3. The largest absolute Gasteiger partial charge is 0.494 e. The van der Waals surface area contributed by atoms with Crippen molar-refractivity contribution in [1.82, 2.24) is 14.6 Å². The summed E-state index contributed by atoms with van der Waals surface area (Å²) in [4.78, 5) is 2.62. The number of benzene rings is 1. The molecule has 3 heterocycles. The number of aromatic hydroxyl groups is 2. The van der Waals surface area contributed by atoms with Crippen LogP contribution < -0.4 is 0 Å². The van der Waals surface area contributed by atoms with Crippen molar-refractivity contribution in [2.75, 3.05) is 26.2 Å². The molecular weight excluding hydrogens is 466 g/mol. The number of rotatable bonds is 6. The lowest BCUT2D eigenvalue weighted by atomic mass is 9.78. The van der Waals surface area contributed by atoms with Gasteiger partial charge in [0.05, 0.1) is 5.69 Å². The molecule has 7 heteroatoms. The van der Waals surface area contributed by atoms with Gasteiger partial charge in [-0.15, -0.1) is 0 Å². The number of aromatic nitrogens is 2. The van der Waals surface area contributed by atoms with Crippen molar-refractivity contribution in [1.29, 1.82) is 0 Å². The second-order valence-electron chi connectivity index (χ2n) is 12.3. The SMILES string of the molecule is CC1C2CC(c3c2c(O)n(C[C@H]2CCC[C@@H]2CN2CCC(c4noc5ccccc45)CC2)c3O)C1CO. The fourth-order valence-corrected chi connectivity index (χ4v) is 8.62. The zero-order valence-electron chi connectivity index (χ0n) is 21.7. The summed E-state index contributed by atoms with van der Waals surface area (Å²) in [5.74, 6) is 3.02. The van der Waals surface area contributed by atoms with Crippen molar-refractivity contribution in [3.63, 3.8) is 0 Å². The first-order valence-corrected chi connectivity index (χ1v) is 14.4. The summed E-state index contributed by atoms with van der Waals surface area (Å²) in [6.07, 6.45) is 6.74. The molecule has 1 saturated heterocycles. The van der Waals surface area contributed by atoms with Crippen molar-refractivity contribution in [3.05, 3.63) is 41.1 Å². The number of hydrogen-bond acceptors (Lipinski definition) is 6. The Morgan fingerprint density at radius 1 is 0.946 bits per heavy atom. The summed E-state index contributed by atoms with van der Waals surface area (Å²) in [5, 5.41) is 37.9. The van der Waals surface area contributed by atoms with E-state index in [1.165, 1.54) is 12.8 Å². The molecule has 2 aromatic heterocycles. The highest BCUT2D eigenvalue weighted by Crippen LogP contribution is 2.64. The van der Waals surface area contributed by atoms with E-state index in [1.807, 2.05) is 12.1 Å². The topological polar surface area (TPSA) is 94.9 Å². The Hall–Kier alpha value is -2.51. The second-order valence-corrected chi connectivity index (χ2v) is 12.3. The fourth-order valence-electron chi connectivity index (χ4n) is 8.62. The van der Waals surface area contributed by atoms with Crippen LogP contribution >= 0.6 is 0 Å². The average Bonchev–Trinajstić information content (AvgIpc) is 3.72. The fraction of sp³-hybridized carbons (Fsp3) is 0.633. The van der Waals surface area contributed by atoms with Crippen LogP contribution in [0.4, 0.5) is 0 Å². The van der Waals surface area contributed by atoms with Crippen LogP contribution in [0.3, 0.4) is 0 Å². The first-order chi connectivity index (χ1) is 18.0. The van der Waals surface area contributed by atoms with Gasteiger partial charge in [0, 0.05) is 42.1 Å². The van der Waals surface area contributed by atoms with Gasteiger partial charge in [0.15, 0.2) is 17.3 Å². The number of aliphatic hydroxyl groups is 1. The summed E-state index contributed by atoms with van der Waals surface area (Å²) in [5.41, 5.74) is 3.89. The zero-order valence-corrected chi connectivity index (χ0v) is 21.7. The first kappa shape index (κ1) is 23.6. The summed E-state index contributed by atoms with van der Waals surface area (Å²) in [7, 11) is 0. The highest BCUT2D eigenvalue weighted by Gasteiger charge is 2.53. The molecule has 2 saturated carbocycles. The molecule has 0 amide bonds. The zero-order chi connectivity index (χ0) is 25.3. The normalized spacial score (nSPS) is 32.1. The number of hydrogen-bond donors (Lipinski definition) is 3. The molecule has 198 valence electrons. The maximum Gasteiger partial charge on any atom is 0.197 e. The number of likely N-dealkylation sites (tertiary alicyclic amines) is 1. The molecule has 0 radical (unpaired) electrons. The minimum atomic E-state index is 0.154. The van der Waals surface area contributed by atoms with E-state index in [-0.39, 0.29) is 36.1 Å². The third-order valence-corrected chi connectivity index (χ3v) is 10.7. The minimum absolute atomic E-state index is 0.154. The molecule has 4 aliphatic rings. The summed E-state index contributed by atoms with van der Waals surface area (Å²) in [6, 6.07) is 8.17. The Labute approximate surface area is 218 Å². The summed E-state index contributed by atoms with van der Waals surface area (Å²) in [6.45, 7) is 6.27. The van der Waals surface area contributed by atoms with E-state index < -0.39 is 0 Å². The van der Waals surface area contributed by atoms with Gasteiger partial charge in [0.1, 0.15) is 0 Å². The van der Waals surface area contributed by atoms with Crippen LogP contribution in [0.2, 0.25) is 0 Å². The van der Waals surface area contributed by atoms with E-state index in [0.29, 0.717) is 30.2 Å².